The van der Waals surface area contributed by atoms with E-state index in [-0.39, 0.29) is 0 Å². The number of fused-ring (bicyclic) bond motifs is 1. The average Bonchev–Trinajstić information content (AvgIpc) is 2.71. The number of nitrogens with one attached hydrogen (secondary N) is 1. The number of nitrogens with zero attached hydrogens (tertiary/aromatic N) is 2. The topological polar surface area (TPSA) is 28.2 Å². The molecule has 0 atom stereocenters. The fourth-order valence-corrected chi connectivity index (χ4v) is 2.93. The van der Waals surface area contributed by atoms with Gasteiger partial charge in [0, 0.05) is 37.6 Å². The molecule has 3 rings (SSSR count). The first-order valence-electron chi connectivity index (χ1n) is 7.33. The van der Waals surface area contributed by atoms with Crippen molar-refractivity contribution in [1.29, 1.82) is 0 Å². The molecule has 3 nitrogen and oxygen atoms in total. The molecule has 0 saturated heterocycles. The number of aryl methyl sites for hydroxylation is 1. The van der Waals surface area contributed by atoms with E-state index in [2.05, 4.69) is 45.5 Å². The van der Waals surface area contributed by atoms with Gasteiger partial charge in [0.2, 0.25) is 0 Å². The maximum atomic E-state index is 4.40. The Balaban J connectivity index is 1.90. The van der Waals surface area contributed by atoms with Crippen LogP contribution in [-0.4, -0.2) is 18.6 Å². The van der Waals surface area contributed by atoms with E-state index in [4.69, 9.17) is 0 Å². The summed E-state index contributed by atoms with van der Waals surface area (Å²) in [6.45, 7) is 2.04. The highest BCUT2D eigenvalue weighted by Crippen LogP contribution is 2.28. The molecule has 0 amide bonds. The summed E-state index contributed by atoms with van der Waals surface area (Å²) < 4.78 is 0. The lowest BCUT2D eigenvalue weighted by atomic mass is 10.1. The normalized spacial score (nSPS) is 14.6. The van der Waals surface area contributed by atoms with Crippen LogP contribution < -0.4 is 10.2 Å². The molecule has 1 aromatic carbocycles. The number of hydrogen-bond donors (Lipinski definition) is 1. The monoisotopic (exact) mass is 267 g/mol. The molecule has 0 unspecified atom stereocenters. The molecule has 0 aliphatic carbocycles. The first kappa shape index (κ1) is 13.0. The number of rotatable bonds is 3. The number of pyridine rings is 1. The molecule has 0 bridgehead atoms. The Hall–Kier alpha value is -2.03. The zero-order valence-corrected chi connectivity index (χ0v) is 12.0. The first-order chi connectivity index (χ1) is 9.88. The molecule has 0 radical (unpaired) electrons. The lowest BCUT2D eigenvalue weighted by molar-refractivity contribution is 0.714. The molecule has 0 fully saturated rings. The zero-order chi connectivity index (χ0) is 13.8. The van der Waals surface area contributed by atoms with Gasteiger partial charge in [0.05, 0.1) is 0 Å². The van der Waals surface area contributed by atoms with E-state index >= 15 is 0 Å². The summed E-state index contributed by atoms with van der Waals surface area (Å²) in [6.07, 6.45) is 5.56. The van der Waals surface area contributed by atoms with Gasteiger partial charge in [0.25, 0.3) is 0 Å². The summed E-state index contributed by atoms with van der Waals surface area (Å²) in [5.74, 6) is 0.981. The van der Waals surface area contributed by atoms with Gasteiger partial charge >= 0.3 is 0 Å². The van der Waals surface area contributed by atoms with Crippen LogP contribution in [0, 0.1) is 0 Å². The molecule has 1 N–H and O–H groups in total. The Bertz CT molecular complexity index is 580. The van der Waals surface area contributed by atoms with Gasteiger partial charge in [0.1, 0.15) is 5.82 Å². The van der Waals surface area contributed by atoms with Crippen LogP contribution in [0.2, 0.25) is 0 Å². The van der Waals surface area contributed by atoms with E-state index in [1.807, 2.05) is 19.3 Å². The first-order valence-corrected chi connectivity index (χ1v) is 7.33. The third-order valence-corrected chi connectivity index (χ3v) is 3.95. The van der Waals surface area contributed by atoms with Gasteiger partial charge in [-0.2, -0.15) is 0 Å². The molecule has 20 heavy (non-hydrogen) atoms. The molecule has 1 aliphatic heterocycles. The number of hydrogen-bond acceptors (Lipinski definition) is 3. The third kappa shape index (κ3) is 2.62. The van der Waals surface area contributed by atoms with Crippen molar-refractivity contribution < 1.29 is 0 Å². The highest BCUT2D eigenvalue weighted by Gasteiger charge is 2.16. The van der Waals surface area contributed by atoms with Crippen molar-refractivity contribution in [1.82, 2.24) is 4.98 Å². The smallest absolute Gasteiger partial charge is 0.130 e. The van der Waals surface area contributed by atoms with Crippen molar-refractivity contribution >= 4 is 11.5 Å². The number of para-hydroxylation sites is 1. The standard InChI is InChI=1S/C17H21N3/c1-18-17-15(9-6-11-19-17)13-20-12-5-4-8-14-7-2-3-10-16(14)20/h2-3,6-7,9-11H,4-5,8,12-13H2,1H3,(H,18,19). The van der Waals surface area contributed by atoms with Gasteiger partial charge in [-0.3, -0.25) is 0 Å². The fourth-order valence-electron chi connectivity index (χ4n) is 2.93. The van der Waals surface area contributed by atoms with Gasteiger partial charge in [-0.15, -0.1) is 0 Å². The minimum atomic E-state index is 0.918. The Kier molecular flexibility index (Phi) is 3.86. The molecule has 0 spiro atoms. The van der Waals surface area contributed by atoms with Crippen LogP contribution in [0.3, 0.4) is 0 Å². The van der Waals surface area contributed by atoms with Crippen LogP contribution in [0.1, 0.15) is 24.0 Å². The van der Waals surface area contributed by atoms with Crippen molar-refractivity contribution in [2.75, 3.05) is 23.8 Å². The van der Waals surface area contributed by atoms with Gasteiger partial charge in [-0.1, -0.05) is 24.3 Å². The predicted octanol–water partition coefficient (Wildman–Crippen LogP) is 3.47. The predicted molar refractivity (Wildman–Crippen MR) is 84.2 cm³/mol. The number of benzene rings is 1. The summed E-state index contributed by atoms with van der Waals surface area (Å²) in [7, 11) is 1.93. The average molecular weight is 267 g/mol. The molecule has 104 valence electrons. The summed E-state index contributed by atoms with van der Waals surface area (Å²) in [5.41, 5.74) is 4.11. The number of anilines is 2. The Morgan fingerprint density at radius 3 is 2.95 bits per heavy atom. The van der Waals surface area contributed by atoms with Gasteiger partial charge < -0.3 is 10.2 Å². The van der Waals surface area contributed by atoms with Crippen LogP contribution in [-0.2, 0) is 13.0 Å². The molecule has 1 aliphatic rings. The van der Waals surface area contributed by atoms with E-state index in [0.29, 0.717) is 0 Å². The second kappa shape index (κ2) is 5.95. The molecular formula is C17H21N3. The minimum Gasteiger partial charge on any atom is -0.373 e. The van der Waals surface area contributed by atoms with Gasteiger partial charge in [-0.05, 0) is 37.0 Å². The molecule has 1 aromatic heterocycles. The van der Waals surface area contributed by atoms with Crippen molar-refractivity contribution in [2.45, 2.75) is 25.8 Å². The Morgan fingerprint density at radius 1 is 1.15 bits per heavy atom. The maximum Gasteiger partial charge on any atom is 0.130 e. The van der Waals surface area contributed by atoms with Crippen molar-refractivity contribution in [2.24, 2.45) is 0 Å². The van der Waals surface area contributed by atoms with Crippen LogP contribution in [0.25, 0.3) is 0 Å². The quantitative estimate of drug-likeness (QED) is 0.923. The van der Waals surface area contributed by atoms with E-state index in [1.165, 1.54) is 36.1 Å². The SMILES string of the molecule is CNc1ncccc1CN1CCCCc2ccccc21. The summed E-state index contributed by atoms with van der Waals surface area (Å²) in [4.78, 5) is 6.89. The van der Waals surface area contributed by atoms with Crippen LogP contribution in [0.5, 0.6) is 0 Å². The Morgan fingerprint density at radius 2 is 2.05 bits per heavy atom. The van der Waals surface area contributed by atoms with E-state index in [0.717, 1.165) is 18.9 Å². The van der Waals surface area contributed by atoms with E-state index < -0.39 is 0 Å². The van der Waals surface area contributed by atoms with Gasteiger partial charge in [0.15, 0.2) is 0 Å². The van der Waals surface area contributed by atoms with E-state index in [9.17, 15) is 0 Å². The largest absolute Gasteiger partial charge is 0.373 e. The fraction of sp³-hybridized carbons (Fsp3) is 0.353. The zero-order valence-electron chi connectivity index (χ0n) is 12.0. The van der Waals surface area contributed by atoms with Crippen LogP contribution in [0.15, 0.2) is 42.6 Å². The third-order valence-electron chi connectivity index (χ3n) is 3.95. The molecule has 3 heteroatoms. The second-order valence-electron chi connectivity index (χ2n) is 5.27. The van der Waals surface area contributed by atoms with Crippen LogP contribution in [0.4, 0.5) is 11.5 Å². The van der Waals surface area contributed by atoms with Crippen molar-refractivity contribution in [3.63, 3.8) is 0 Å². The lowest BCUT2D eigenvalue weighted by Gasteiger charge is -2.25. The summed E-state index contributed by atoms with van der Waals surface area (Å²) in [5, 5.41) is 3.19. The maximum absolute atomic E-state index is 4.40. The summed E-state index contributed by atoms with van der Waals surface area (Å²) >= 11 is 0. The van der Waals surface area contributed by atoms with E-state index in [1.54, 1.807) is 0 Å². The van der Waals surface area contributed by atoms with Crippen LogP contribution >= 0.6 is 0 Å². The second-order valence-corrected chi connectivity index (χ2v) is 5.27. The highest BCUT2D eigenvalue weighted by atomic mass is 15.1. The van der Waals surface area contributed by atoms with Crippen molar-refractivity contribution in [3.8, 4) is 0 Å². The minimum absolute atomic E-state index is 0.918. The summed E-state index contributed by atoms with van der Waals surface area (Å²) in [6, 6.07) is 13.0. The molecular weight excluding hydrogens is 246 g/mol. The Labute approximate surface area is 120 Å². The molecule has 2 heterocycles. The highest BCUT2D eigenvalue weighted by molar-refractivity contribution is 5.56. The van der Waals surface area contributed by atoms with Gasteiger partial charge in [-0.25, -0.2) is 4.98 Å². The van der Waals surface area contributed by atoms with Crippen molar-refractivity contribution in [3.05, 3.63) is 53.7 Å². The molecule has 0 saturated carbocycles. The molecule has 2 aromatic rings. The lowest BCUT2D eigenvalue weighted by Crippen LogP contribution is -2.24. The number of aromatic nitrogens is 1.